The number of para-hydroxylation sites is 1. The second kappa shape index (κ2) is 13.9. The average Bonchev–Trinajstić information content (AvgIpc) is 3.79. The summed E-state index contributed by atoms with van der Waals surface area (Å²) in [6.45, 7) is 4.69. The zero-order valence-electron chi connectivity index (χ0n) is 33.1. The topological polar surface area (TPSA) is 16.4 Å². The molecule has 1 aromatic heterocycles. The highest BCUT2D eigenvalue weighted by Gasteiger charge is 2.35. The van der Waals surface area contributed by atoms with E-state index < -0.39 is 0 Å². The van der Waals surface area contributed by atoms with Crippen LogP contribution in [0.5, 0.6) is 0 Å². The largest absolute Gasteiger partial charge is 0.456 e. The van der Waals surface area contributed by atoms with Crippen LogP contribution < -0.4 is 4.90 Å². The van der Waals surface area contributed by atoms with Crippen molar-refractivity contribution < 1.29 is 4.42 Å². The number of fused-ring (bicyclic) bond motifs is 6. The highest BCUT2D eigenvalue weighted by atomic mass is 16.3. The van der Waals surface area contributed by atoms with Gasteiger partial charge in [0.05, 0.1) is 5.69 Å². The van der Waals surface area contributed by atoms with E-state index in [9.17, 15) is 0 Å². The molecule has 2 heteroatoms. The molecule has 0 N–H and O–H groups in total. The van der Waals surface area contributed by atoms with Crippen LogP contribution in [0.2, 0.25) is 0 Å². The van der Waals surface area contributed by atoms with Gasteiger partial charge in [-0.15, -0.1) is 0 Å². The van der Waals surface area contributed by atoms with Crippen LogP contribution in [0.3, 0.4) is 0 Å². The van der Waals surface area contributed by atoms with Crippen molar-refractivity contribution in [2.24, 2.45) is 0 Å². The number of benzene rings is 9. The minimum atomic E-state index is -0.0559. The molecule has 0 fully saturated rings. The summed E-state index contributed by atoms with van der Waals surface area (Å²) in [4.78, 5) is 2.42. The summed E-state index contributed by atoms with van der Waals surface area (Å²) in [7, 11) is 0. The second-order valence-electron chi connectivity index (χ2n) is 16.1. The summed E-state index contributed by atoms with van der Waals surface area (Å²) in [5.41, 5.74) is 19.8. The maximum atomic E-state index is 6.28. The van der Waals surface area contributed by atoms with E-state index in [0.717, 1.165) is 50.1 Å². The van der Waals surface area contributed by atoms with Gasteiger partial charge in [0.15, 0.2) is 0 Å². The van der Waals surface area contributed by atoms with E-state index in [0.29, 0.717) is 0 Å². The van der Waals surface area contributed by atoms with Crippen molar-refractivity contribution in [1.29, 1.82) is 0 Å². The van der Waals surface area contributed by atoms with Gasteiger partial charge in [0.2, 0.25) is 0 Å². The Balaban J connectivity index is 1.10. The first-order valence-electron chi connectivity index (χ1n) is 20.4. The Bertz CT molecular complexity index is 3160. The van der Waals surface area contributed by atoms with Crippen molar-refractivity contribution in [1.82, 2.24) is 0 Å². The SMILES string of the molecule is CC1(C)c2ccccc2-c2cc(-c3cccc(N(c4ccc(-c5ccccc5)cc4)c4ccc(-c5cccc6oc7ccccc7c56)cc4)c3-c3ccccc3)ccc21. The first-order valence-corrected chi connectivity index (χ1v) is 20.4. The molecule has 0 radical (unpaired) electrons. The number of rotatable bonds is 7. The molecular weight excluding hydrogens is 715 g/mol. The molecule has 0 unspecified atom stereocenters. The van der Waals surface area contributed by atoms with Gasteiger partial charge in [0, 0.05) is 33.1 Å². The van der Waals surface area contributed by atoms with Crippen molar-refractivity contribution in [3.05, 3.63) is 223 Å². The Morgan fingerprint density at radius 2 is 0.915 bits per heavy atom. The number of anilines is 3. The predicted octanol–water partition coefficient (Wildman–Crippen LogP) is 16.0. The highest BCUT2D eigenvalue weighted by molar-refractivity contribution is 6.12. The van der Waals surface area contributed by atoms with Gasteiger partial charge in [0.1, 0.15) is 11.2 Å². The van der Waals surface area contributed by atoms with Gasteiger partial charge in [0.25, 0.3) is 0 Å². The van der Waals surface area contributed by atoms with E-state index in [1.807, 2.05) is 12.1 Å². The number of hydrogen-bond acceptors (Lipinski definition) is 2. The maximum absolute atomic E-state index is 6.28. The van der Waals surface area contributed by atoms with Gasteiger partial charge < -0.3 is 9.32 Å². The number of nitrogens with zero attached hydrogens (tertiary/aromatic N) is 1. The third kappa shape index (κ3) is 5.79. The van der Waals surface area contributed by atoms with Crippen molar-refractivity contribution in [2.75, 3.05) is 4.90 Å². The van der Waals surface area contributed by atoms with Crippen LogP contribution in [0.4, 0.5) is 17.1 Å². The zero-order valence-corrected chi connectivity index (χ0v) is 33.1. The van der Waals surface area contributed by atoms with E-state index in [1.54, 1.807) is 0 Å². The Morgan fingerprint density at radius 3 is 1.68 bits per heavy atom. The third-order valence-electron chi connectivity index (χ3n) is 12.3. The van der Waals surface area contributed by atoms with Crippen LogP contribution >= 0.6 is 0 Å². The smallest absolute Gasteiger partial charge is 0.136 e. The lowest BCUT2D eigenvalue weighted by molar-refractivity contribution is 0.660. The lowest BCUT2D eigenvalue weighted by atomic mass is 9.82. The summed E-state index contributed by atoms with van der Waals surface area (Å²) in [6, 6.07) is 76.9. The third-order valence-corrected chi connectivity index (χ3v) is 12.3. The van der Waals surface area contributed by atoms with E-state index in [1.165, 1.54) is 55.6 Å². The highest BCUT2D eigenvalue weighted by Crippen LogP contribution is 2.51. The molecule has 0 spiro atoms. The van der Waals surface area contributed by atoms with Gasteiger partial charge in [-0.05, 0) is 110 Å². The summed E-state index contributed by atoms with van der Waals surface area (Å²) < 4.78 is 6.28. The first kappa shape index (κ1) is 34.8. The van der Waals surface area contributed by atoms with Gasteiger partial charge >= 0.3 is 0 Å². The molecule has 280 valence electrons. The minimum absolute atomic E-state index is 0.0559. The normalized spacial score (nSPS) is 12.7. The van der Waals surface area contributed by atoms with Crippen molar-refractivity contribution >= 4 is 39.0 Å². The molecule has 1 heterocycles. The van der Waals surface area contributed by atoms with Crippen molar-refractivity contribution in [3.8, 4) is 55.6 Å². The summed E-state index contributed by atoms with van der Waals surface area (Å²) in [5.74, 6) is 0. The molecule has 9 aromatic carbocycles. The Labute approximate surface area is 345 Å². The molecule has 59 heavy (non-hydrogen) atoms. The fourth-order valence-corrected chi connectivity index (χ4v) is 9.43. The van der Waals surface area contributed by atoms with Crippen LogP contribution in [-0.4, -0.2) is 0 Å². The quantitative estimate of drug-likeness (QED) is 0.161. The zero-order chi connectivity index (χ0) is 39.5. The predicted molar refractivity (Wildman–Crippen MR) is 248 cm³/mol. The summed E-state index contributed by atoms with van der Waals surface area (Å²) in [6.07, 6.45) is 0. The first-order chi connectivity index (χ1) is 29.0. The molecule has 0 aliphatic heterocycles. The lowest BCUT2D eigenvalue weighted by Crippen LogP contribution is -2.14. The number of furan rings is 1. The Kier molecular flexibility index (Phi) is 8.20. The minimum Gasteiger partial charge on any atom is -0.456 e. The van der Waals surface area contributed by atoms with E-state index in [4.69, 9.17) is 4.42 Å². The van der Waals surface area contributed by atoms with Crippen molar-refractivity contribution in [3.63, 3.8) is 0 Å². The molecule has 0 saturated heterocycles. The van der Waals surface area contributed by atoms with Gasteiger partial charge in [-0.25, -0.2) is 0 Å². The molecule has 1 aliphatic rings. The molecule has 1 aliphatic carbocycles. The van der Waals surface area contributed by atoms with Crippen LogP contribution in [0.25, 0.3) is 77.6 Å². The Hall–Kier alpha value is -7.42. The molecule has 2 nitrogen and oxygen atoms in total. The van der Waals surface area contributed by atoms with E-state index >= 15 is 0 Å². The molecule has 0 saturated carbocycles. The van der Waals surface area contributed by atoms with Crippen LogP contribution in [0.1, 0.15) is 25.0 Å². The summed E-state index contributed by atoms with van der Waals surface area (Å²) >= 11 is 0. The molecule has 10 aromatic rings. The molecule has 11 rings (SSSR count). The molecule has 0 atom stereocenters. The van der Waals surface area contributed by atoms with Gasteiger partial charge in [-0.2, -0.15) is 0 Å². The Morgan fingerprint density at radius 1 is 0.373 bits per heavy atom. The van der Waals surface area contributed by atoms with Crippen LogP contribution in [0.15, 0.2) is 217 Å². The van der Waals surface area contributed by atoms with Crippen LogP contribution in [0, 0.1) is 0 Å². The second-order valence-corrected chi connectivity index (χ2v) is 16.1. The standard InChI is InChI=1S/C57H41NO/c1-57(2)50-23-11-9-19-47(50)49-37-42(31-36-51(49)57)46-21-13-24-52(55(46)41-17-7-4-8-18-41)58(43-32-27-39(28-33-43)38-15-5-3-6-16-38)44-34-29-40(30-35-44)45-22-14-26-54-56(45)48-20-10-12-25-53(48)59-54/h3-37H,1-2H3. The molecule has 0 bridgehead atoms. The van der Waals surface area contributed by atoms with E-state index in [-0.39, 0.29) is 5.41 Å². The average molecular weight is 756 g/mol. The monoisotopic (exact) mass is 755 g/mol. The lowest BCUT2D eigenvalue weighted by Gasteiger charge is -2.29. The van der Waals surface area contributed by atoms with Crippen molar-refractivity contribution in [2.45, 2.75) is 19.3 Å². The fourth-order valence-electron chi connectivity index (χ4n) is 9.43. The van der Waals surface area contributed by atoms with Crippen LogP contribution in [-0.2, 0) is 5.41 Å². The molecule has 0 amide bonds. The fraction of sp³-hybridized carbons (Fsp3) is 0.0526. The summed E-state index contributed by atoms with van der Waals surface area (Å²) in [5, 5.41) is 2.27. The van der Waals surface area contributed by atoms with Gasteiger partial charge in [-0.3, -0.25) is 0 Å². The number of hydrogen-bond donors (Lipinski definition) is 0. The molecular formula is C57H41NO. The maximum Gasteiger partial charge on any atom is 0.136 e. The van der Waals surface area contributed by atoms with Gasteiger partial charge in [-0.1, -0.05) is 178 Å². The van der Waals surface area contributed by atoms with E-state index in [2.05, 4.69) is 219 Å².